The molecule has 9 heteroatoms. The summed E-state index contributed by atoms with van der Waals surface area (Å²) in [6.45, 7) is 6.44. The highest BCUT2D eigenvalue weighted by molar-refractivity contribution is 7.99. The first-order valence-corrected chi connectivity index (χ1v) is 14.6. The van der Waals surface area contributed by atoms with Crippen molar-refractivity contribution in [2.75, 3.05) is 11.1 Å². The molecule has 0 aliphatic heterocycles. The highest BCUT2D eigenvalue weighted by Crippen LogP contribution is 2.40. The Labute approximate surface area is 223 Å². The fourth-order valence-electron chi connectivity index (χ4n) is 4.62. The van der Waals surface area contributed by atoms with Crippen LogP contribution in [0.2, 0.25) is 0 Å². The zero-order valence-electron chi connectivity index (χ0n) is 20.7. The van der Waals surface area contributed by atoms with E-state index in [9.17, 15) is 10.1 Å². The monoisotopic (exact) mass is 533 g/mol. The van der Waals surface area contributed by atoms with Crippen molar-refractivity contribution in [2.24, 2.45) is 13.0 Å². The number of thiophene rings is 2. The Bertz CT molecular complexity index is 1470. The molecule has 0 bridgehead atoms. The lowest BCUT2D eigenvalue weighted by atomic mass is 9.89. The van der Waals surface area contributed by atoms with Gasteiger partial charge in [-0.25, -0.2) is 0 Å². The molecule has 0 saturated carbocycles. The van der Waals surface area contributed by atoms with Crippen LogP contribution in [-0.4, -0.2) is 26.4 Å². The van der Waals surface area contributed by atoms with Gasteiger partial charge in [0.25, 0.3) is 0 Å². The predicted molar refractivity (Wildman–Crippen MR) is 149 cm³/mol. The van der Waals surface area contributed by atoms with E-state index in [0.717, 1.165) is 41.8 Å². The van der Waals surface area contributed by atoms with Crippen molar-refractivity contribution in [1.29, 1.82) is 5.26 Å². The molecule has 184 valence electrons. The molecule has 1 N–H and O–H groups in total. The van der Waals surface area contributed by atoms with Crippen LogP contribution in [0.5, 0.6) is 0 Å². The zero-order chi connectivity index (χ0) is 25.4. The van der Waals surface area contributed by atoms with Crippen LogP contribution in [0.3, 0.4) is 0 Å². The normalized spacial score (nSPS) is 14.9. The molecule has 4 aromatic rings. The Balaban J connectivity index is 1.31. The van der Waals surface area contributed by atoms with Crippen molar-refractivity contribution in [3.63, 3.8) is 0 Å². The lowest BCUT2D eigenvalue weighted by molar-refractivity contribution is -0.113. The molecule has 1 unspecified atom stereocenters. The van der Waals surface area contributed by atoms with Gasteiger partial charge in [0.15, 0.2) is 11.0 Å². The van der Waals surface area contributed by atoms with Crippen molar-refractivity contribution in [3.8, 4) is 28.6 Å². The molecule has 1 aliphatic carbocycles. The molecule has 1 atom stereocenters. The van der Waals surface area contributed by atoms with Crippen LogP contribution in [0.25, 0.3) is 22.5 Å². The van der Waals surface area contributed by atoms with Crippen LogP contribution in [0.1, 0.15) is 39.8 Å². The second-order valence-corrected chi connectivity index (χ2v) is 12.4. The van der Waals surface area contributed by atoms with Crippen molar-refractivity contribution >= 4 is 45.3 Å². The van der Waals surface area contributed by atoms with Crippen LogP contribution in [0, 0.1) is 31.1 Å². The molecule has 0 radical (unpaired) electrons. The predicted octanol–water partition coefficient (Wildman–Crippen LogP) is 6.62. The van der Waals surface area contributed by atoms with E-state index in [1.54, 1.807) is 22.7 Å². The van der Waals surface area contributed by atoms with E-state index in [4.69, 9.17) is 0 Å². The van der Waals surface area contributed by atoms with Crippen molar-refractivity contribution in [3.05, 3.63) is 56.1 Å². The third-order valence-corrected chi connectivity index (χ3v) is 9.70. The SMILES string of the molecule is Cc1ccc(-c2c(-c3nnc(SCC(=O)Nc4sc5c(c4C#N)CCC(C)C5)n3C)csc2C)cc1. The summed E-state index contributed by atoms with van der Waals surface area (Å²) < 4.78 is 1.95. The van der Waals surface area contributed by atoms with E-state index in [1.807, 2.05) is 11.6 Å². The topological polar surface area (TPSA) is 83.6 Å². The molecule has 1 aliphatic rings. The lowest BCUT2D eigenvalue weighted by Crippen LogP contribution is -2.14. The highest BCUT2D eigenvalue weighted by atomic mass is 32.2. The molecule has 6 nitrogen and oxygen atoms in total. The van der Waals surface area contributed by atoms with E-state index in [-0.39, 0.29) is 11.7 Å². The zero-order valence-corrected chi connectivity index (χ0v) is 23.2. The maximum absolute atomic E-state index is 12.8. The van der Waals surface area contributed by atoms with E-state index >= 15 is 0 Å². The largest absolute Gasteiger partial charge is 0.316 e. The average molecular weight is 534 g/mol. The summed E-state index contributed by atoms with van der Waals surface area (Å²) in [5.41, 5.74) is 6.36. The Morgan fingerprint density at radius 1 is 1.28 bits per heavy atom. The number of nitriles is 1. The van der Waals surface area contributed by atoms with Gasteiger partial charge in [-0.1, -0.05) is 48.5 Å². The number of anilines is 1. The second-order valence-electron chi connectivity index (χ2n) is 9.32. The number of hydrogen-bond donors (Lipinski definition) is 1. The molecule has 1 aromatic carbocycles. The number of aromatic nitrogens is 3. The minimum atomic E-state index is -0.139. The maximum atomic E-state index is 12.8. The standard InChI is InChI=1S/C27H27N5OS3/c1-15-5-8-18(9-6-15)24-17(3)34-13-21(24)25-30-31-27(32(25)4)35-14-23(33)29-26-20(12-28)19-10-7-16(2)11-22(19)36-26/h5-6,8-9,13,16H,7,10-11,14H2,1-4H3,(H,29,33). The summed E-state index contributed by atoms with van der Waals surface area (Å²) in [4.78, 5) is 15.3. The Hall–Kier alpha value is -2.93. The van der Waals surface area contributed by atoms with Gasteiger partial charge in [0.1, 0.15) is 11.1 Å². The number of fused-ring (bicyclic) bond motifs is 1. The van der Waals surface area contributed by atoms with Crippen LogP contribution in [0.4, 0.5) is 5.00 Å². The van der Waals surface area contributed by atoms with Gasteiger partial charge in [0.05, 0.1) is 11.3 Å². The number of thioether (sulfide) groups is 1. The Kier molecular flexibility index (Phi) is 7.02. The molecule has 0 spiro atoms. The summed E-state index contributed by atoms with van der Waals surface area (Å²) >= 11 is 4.60. The number of carbonyl (C=O) groups is 1. The molecule has 36 heavy (non-hydrogen) atoms. The van der Waals surface area contributed by atoms with Gasteiger partial charge < -0.3 is 9.88 Å². The molecular weight excluding hydrogens is 507 g/mol. The van der Waals surface area contributed by atoms with E-state index in [2.05, 4.69) is 72.0 Å². The third kappa shape index (κ3) is 4.73. The summed E-state index contributed by atoms with van der Waals surface area (Å²) in [6, 6.07) is 10.8. The fourth-order valence-corrected chi connectivity index (χ4v) is 7.58. The number of amides is 1. The summed E-state index contributed by atoms with van der Waals surface area (Å²) in [5.74, 6) is 1.46. The minimum absolute atomic E-state index is 0.139. The van der Waals surface area contributed by atoms with E-state index in [1.165, 1.54) is 32.6 Å². The molecule has 5 rings (SSSR count). The molecule has 3 heterocycles. The molecule has 0 fully saturated rings. The van der Waals surface area contributed by atoms with E-state index in [0.29, 0.717) is 21.6 Å². The van der Waals surface area contributed by atoms with Gasteiger partial charge in [-0.3, -0.25) is 4.79 Å². The number of hydrogen-bond acceptors (Lipinski definition) is 7. The number of nitrogens with zero attached hydrogens (tertiary/aromatic N) is 4. The third-order valence-electron chi connectivity index (χ3n) is 6.60. The highest BCUT2D eigenvalue weighted by Gasteiger charge is 2.25. The van der Waals surface area contributed by atoms with Gasteiger partial charge >= 0.3 is 0 Å². The maximum Gasteiger partial charge on any atom is 0.235 e. The van der Waals surface area contributed by atoms with Gasteiger partial charge in [0.2, 0.25) is 5.91 Å². The smallest absolute Gasteiger partial charge is 0.235 e. The molecular formula is C27H27N5OS3. The first-order chi connectivity index (χ1) is 17.4. The molecule has 3 aromatic heterocycles. The summed E-state index contributed by atoms with van der Waals surface area (Å²) in [6.07, 6.45) is 2.98. The first kappa shape index (κ1) is 24.8. The van der Waals surface area contributed by atoms with Gasteiger partial charge in [-0.15, -0.1) is 32.9 Å². The van der Waals surface area contributed by atoms with Gasteiger partial charge in [-0.05, 0) is 50.2 Å². The van der Waals surface area contributed by atoms with Crippen LogP contribution in [0.15, 0.2) is 34.8 Å². The van der Waals surface area contributed by atoms with Crippen molar-refractivity contribution in [1.82, 2.24) is 14.8 Å². The van der Waals surface area contributed by atoms with Crippen LogP contribution >= 0.6 is 34.4 Å². The Morgan fingerprint density at radius 2 is 2.06 bits per heavy atom. The number of carbonyl (C=O) groups excluding carboxylic acids is 1. The first-order valence-electron chi connectivity index (χ1n) is 11.9. The number of nitrogens with one attached hydrogen (secondary N) is 1. The van der Waals surface area contributed by atoms with E-state index < -0.39 is 0 Å². The lowest BCUT2D eigenvalue weighted by Gasteiger charge is -2.17. The van der Waals surface area contributed by atoms with Gasteiger partial charge in [-0.2, -0.15) is 5.26 Å². The number of aryl methyl sites for hydroxylation is 2. The minimum Gasteiger partial charge on any atom is -0.316 e. The van der Waals surface area contributed by atoms with Gasteiger partial charge in [0, 0.05) is 33.3 Å². The average Bonchev–Trinajstić information content (AvgIpc) is 3.52. The fraction of sp³-hybridized carbons (Fsp3) is 0.333. The van der Waals surface area contributed by atoms with Crippen LogP contribution < -0.4 is 5.32 Å². The van der Waals surface area contributed by atoms with Crippen molar-refractivity contribution < 1.29 is 4.79 Å². The number of benzene rings is 1. The second kappa shape index (κ2) is 10.2. The molecule has 0 saturated heterocycles. The molecule has 1 amide bonds. The Morgan fingerprint density at radius 3 is 2.81 bits per heavy atom. The van der Waals surface area contributed by atoms with Crippen LogP contribution in [-0.2, 0) is 24.7 Å². The van der Waals surface area contributed by atoms with Crippen molar-refractivity contribution in [2.45, 2.75) is 45.2 Å². The summed E-state index contributed by atoms with van der Waals surface area (Å²) in [5, 5.41) is 25.0. The summed E-state index contributed by atoms with van der Waals surface area (Å²) in [7, 11) is 1.93. The quantitative estimate of drug-likeness (QED) is 0.282. The number of rotatable bonds is 6.